The number of phenols is 1. The van der Waals surface area contributed by atoms with Gasteiger partial charge in [0.15, 0.2) is 0 Å². The molecule has 1 fully saturated rings. The van der Waals surface area contributed by atoms with Crippen LogP contribution >= 0.6 is 0 Å². The van der Waals surface area contributed by atoms with Crippen molar-refractivity contribution in [1.29, 1.82) is 0 Å². The largest absolute Gasteiger partial charge is 0.506 e. The molecule has 28 heavy (non-hydrogen) atoms. The summed E-state index contributed by atoms with van der Waals surface area (Å²) in [5, 5.41) is 23.6. The van der Waals surface area contributed by atoms with Gasteiger partial charge < -0.3 is 15.3 Å². The minimum absolute atomic E-state index is 0.0119. The molecule has 0 aliphatic carbocycles. The normalized spacial score (nSPS) is 14.7. The third-order valence-electron chi connectivity index (χ3n) is 4.94. The number of carbonyl (C=O) groups is 1. The molecule has 1 aliphatic heterocycles. The van der Waals surface area contributed by atoms with Crippen LogP contribution in [0, 0.1) is 17.0 Å². The zero-order valence-corrected chi connectivity index (χ0v) is 15.8. The number of rotatable bonds is 6. The van der Waals surface area contributed by atoms with E-state index in [1.165, 1.54) is 12.1 Å². The maximum Gasteiger partial charge on any atom is 0.269 e. The van der Waals surface area contributed by atoms with Gasteiger partial charge in [-0.05, 0) is 30.7 Å². The number of amides is 1. The molecule has 8 nitrogen and oxygen atoms in total. The van der Waals surface area contributed by atoms with Crippen LogP contribution in [0.25, 0.3) is 0 Å². The lowest BCUT2D eigenvalue weighted by atomic mass is 10.1. The Bertz CT molecular complexity index is 863. The first-order valence-corrected chi connectivity index (χ1v) is 9.24. The van der Waals surface area contributed by atoms with E-state index >= 15 is 0 Å². The number of aromatic hydroxyl groups is 1. The van der Waals surface area contributed by atoms with Gasteiger partial charge in [-0.2, -0.15) is 0 Å². The summed E-state index contributed by atoms with van der Waals surface area (Å²) in [4.78, 5) is 26.9. The summed E-state index contributed by atoms with van der Waals surface area (Å²) in [6.45, 7) is 5.60. The molecule has 0 bridgehead atoms. The highest BCUT2D eigenvalue weighted by Gasteiger charge is 2.19. The van der Waals surface area contributed by atoms with Crippen molar-refractivity contribution >= 4 is 23.0 Å². The van der Waals surface area contributed by atoms with Crippen LogP contribution in [0.2, 0.25) is 0 Å². The summed E-state index contributed by atoms with van der Waals surface area (Å²) in [6, 6.07) is 11.7. The van der Waals surface area contributed by atoms with Crippen molar-refractivity contribution in [3.8, 4) is 5.75 Å². The van der Waals surface area contributed by atoms with Crippen LogP contribution in [0.4, 0.5) is 17.1 Å². The molecule has 0 atom stereocenters. The Morgan fingerprint density at radius 3 is 2.54 bits per heavy atom. The van der Waals surface area contributed by atoms with Crippen LogP contribution < -0.4 is 10.2 Å². The van der Waals surface area contributed by atoms with E-state index in [4.69, 9.17) is 0 Å². The Morgan fingerprint density at radius 1 is 1.18 bits per heavy atom. The second-order valence-electron chi connectivity index (χ2n) is 6.87. The molecule has 2 N–H and O–H groups in total. The lowest BCUT2D eigenvalue weighted by Crippen LogP contribution is -2.47. The maximum absolute atomic E-state index is 12.2. The molecule has 1 amide bonds. The molecule has 0 unspecified atom stereocenters. The van der Waals surface area contributed by atoms with Gasteiger partial charge in [0.2, 0.25) is 5.91 Å². The third kappa shape index (κ3) is 4.77. The molecule has 2 aromatic carbocycles. The van der Waals surface area contributed by atoms with E-state index in [9.17, 15) is 20.0 Å². The fourth-order valence-electron chi connectivity index (χ4n) is 3.32. The molecule has 0 aromatic heterocycles. The number of non-ortho nitro benzene ring substituents is 1. The maximum atomic E-state index is 12.2. The molecule has 2 aromatic rings. The van der Waals surface area contributed by atoms with Crippen molar-refractivity contribution in [3.63, 3.8) is 0 Å². The van der Waals surface area contributed by atoms with Crippen LogP contribution in [-0.2, 0) is 4.79 Å². The number of nitrogens with one attached hydrogen (secondary N) is 1. The molecule has 0 saturated carbocycles. The number of benzene rings is 2. The molecule has 1 saturated heterocycles. The second-order valence-corrected chi connectivity index (χ2v) is 6.87. The first-order chi connectivity index (χ1) is 13.4. The first kappa shape index (κ1) is 19.6. The molecule has 8 heteroatoms. The summed E-state index contributed by atoms with van der Waals surface area (Å²) in [5.74, 6) is 0.175. The molecule has 1 aliphatic rings. The summed E-state index contributed by atoms with van der Waals surface area (Å²) in [7, 11) is 0. The first-order valence-electron chi connectivity index (χ1n) is 9.24. The quantitative estimate of drug-likeness (QED) is 0.587. The Morgan fingerprint density at radius 2 is 1.89 bits per heavy atom. The van der Waals surface area contributed by atoms with Crippen molar-refractivity contribution < 1.29 is 14.8 Å². The van der Waals surface area contributed by atoms with Crippen LogP contribution in [-0.4, -0.2) is 53.6 Å². The van der Waals surface area contributed by atoms with Crippen molar-refractivity contribution in [2.75, 3.05) is 42.9 Å². The lowest BCUT2D eigenvalue weighted by molar-refractivity contribution is -0.384. The van der Waals surface area contributed by atoms with Crippen molar-refractivity contribution in [2.24, 2.45) is 0 Å². The minimum Gasteiger partial charge on any atom is -0.506 e. The summed E-state index contributed by atoms with van der Waals surface area (Å²) in [5.41, 5.74) is 2.12. The van der Waals surface area contributed by atoms with Gasteiger partial charge in [-0.15, -0.1) is 0 Å². The van der Waals surface area contributed by atoms with Gasteiger partial charge in [0.25, 0.3) is 5.69 Å². The summed E-state index contributed by atoms with van der Waals surface area (Å²) < 4.78 is 0. The van der Waals surface area contributed by atoms with Crippen LogP contribution in [0.1, 0.15) is 12.0 Å². The number of hydrogen-bond donors (Lipinski definition) is 2. The fourth-order valence-corrected chi connectivity index (χ4v) is 3.32. The summed E-state index contributed by atoms with van der Waals surface area (Å²) in [6.07, 6.45) is 0.354. The number of para-hydroxylation sites is 2. The van der Waals surface area contributed by atoms with Gasteiger partial charge >= 0.3 is 0 Å². The van der Waals surface area contributed by atoms with Gasteiger partial charge in [-0.25, -0.2) is 0 Å². The highest BCUT2D eigenvalue weighted by molar-refractivity contribution is 5.91. The van der Waals surface area contributed by atoms with E-state index in [1.54, 1.807) is 25.1 Å². The SMILES string of the molecule is Cc1cc([N+](=O)[O-])ccc1NC(=O)CCN1CCN(c2ccccc2O)CC1. The topological polar surface area (TPSA) is 99.0 Å². The third-order valence-corrected chi connectivity index (χ3v) is 4.94. The monoisotopic (exact) mass is 384 g/mol. The lowest BCUT2D eigenvalue weighted by Gasteiger charge is -2.36. The zero-order valence-electron chi connectivity index (χ0n) is 15.8. The number of piperazine rings is 1. The molecule has 0 spiro atoms. The van der Waals surface area contributed by atoms with Crippen molar-refractivity contribution in [3.05, 3.63) is 58.1 Å². The standard InChI is InChI=1S/C20H24N4O4/c1-15-14-16(24(27)28)6-7-17(15)21-20(26)8-9-22-10-12-23(13-11-22)18-4-2-3-5-19(18)25/h2-7,14,25H,8-13H2,1H3,(H,21,26). The second kappa shape index (κ2) is 8.71. The van der Waals surface area contributed by atoms with Crippen LogP contribution in [0.3, 0.4) is 0 Å². The van der Waals surface area contributed by atoms with Crippen molar-refractivity contribution in [1.82, 2.24) is 4.90 Å². The smallest absolute Gasteiger partial charge is 0.269 e. The predicted octanol–water partition coefficient (Wildman–Crippen LogP) is 2.76. The number of phenolic OH excluding ortho intramolecular Hbond substituents is 1. The van der Waals surface area contributed by atoms with Gasteiger partial charge in [0.1, 0.15) is 5.75 Å². The molecular formula is C20H24N4O4. The van der Waals surface area contributed by atoms with E-state index in [0.717, 1.165) is 31.9 Å². The number of nitro groups is 1. The van der Waals surface area contributed by atoms with E-state index < -0.39 is 4.92 Å². The number of nitrogens with zero attached hydrogens (tertiary/aromatic N) is 3. The Labute approximate surface area is 163 Å². The van der Waals surface area contributed by atoms with E-state index in [1.807, 2.05) is 12.1 Å². The molecule has 3 rings (SSSR count). The number of carbonyl (C=O) groups excluding carboxylic acids is 1. The average molecular weight is 384 g/mol. The van der Waals surface area contributed by atoms with Gasteiger partial charge in [0.05, 0.1) is 10.6 Å². The molecule has 0 radical (unpaired) electrons. The number of anilines is 2. The van der Waals surface area contributed by atoms with Gasteiger partial charge in [0, 0.05) is 57.0 Å². The minimum atomic E-state index is -0.451. The van der Waals surface area contributed by atoms with Crippen LogP contribution in [0.5, 0.6) is 5.75 Å². The van der Waals surface area contributed by atoms with E-state index in [-0.39, 0.29) is 17.3 Å². The van der Waals surface area contributed by atoms with Crippen LogP contribution in [0.15, 0.2) is 42.5 Å². The van der Waals surface area contributed by atoms with Crippen molar-refractivity contribution in [2.45, 2.75) is 13.3 Å². The van der Waals surface area contributed by atoms with E-state index in [0.29, 0.717) is 24.2 Å². The molecule has 148 valence electrons. The highest BCUT2D eigenvalue weighted by atomic mass is 16.6. The molecular weight excluding hydrogens is 360 g/mol. The predicted molar refractivity (Wildman–Crippen MR) is 108 cm³/mol. The summed E-state index contributed by atoms with van der Waals surface area (Å²) >= 11 is 0. The average Bonchev–Trinajstić information content (AvgIpc) is 2.69. The number of nitro benzene ring substituents is 1. The Hall–Kier alpha value is -3.13. The Balaban J connectivity index is 1.46. The van der Waals surface area contributed by atoms with Gasteiger partial charge in [-0.3, -0.25) is 19.8 Å². The van der Waals surface area contributed by atoms with Gasteiger partial charge in [-0.1, -0.05) is 12.1 Å². The highest BCUT2D eigenvalue weighted by Crippen LogP contribution is 2.27. The number of hydrogen-bond acceptors (Lipinski definition) is 6. The zero-order chi connectivity index (χ0) is 20.1. The Kier molecular flexibility index (Phi) is 6.10. The fraction of sp³-hybridized carbons (Fsp3) is 0.350. The number of aryl methyl sites for hydroxylation is 1. The molecule has 1 heterocycles. The van der Waals surface area contributed by atoms with E-state index in [2.05, 4.69) is 15.1 Å².